The second-order valence-electron chi connectivity index (χ2n) is 8.27. The van der Waals surface area contributed by atoms with Crippen LogP contribution < -0.4 is 20.2 Å². The third-order valence-electron chi connectivity index (χ3n) is 5.67. The van der Waals surface area contributed by atoms with Crippen LogP contribution in [0.5, 0.6) is 11.5 Å². The van der Waals surface area contributed by atoms with Gasteiger partial charge in [-0.25, -0.2) is 5.43 Å². The minimum absolute atomic E-state index is 0.000441. The Morgan fingerprint density at radius 3 is 2.51 bits per heavy atom. The zero-order chi connectivity index (χ0) is 26.2. The summed E-state index contributed by atoms with van der Waals surface area (Å²) in [5, 5.41) is 20.3. The number of methoxy groups -OCH3 is 1. The Hall–Kier alpha value is -4.92. The number of benzene rings is 4. The predicted octanol–water partition coefficient (Wildman–Crippen LogP) is 5.29. The van der Waals surface area contributed by atoms with E-state index in [9.17, 15) is 14.9 Å². The standard InChI is InChI=1S/C28H26N4O5/c1-19(30-24-10-9-21-5-3-4-6-22(21)16-24)28(33)31-29-17-20-7-8-23(27(15-20)36-2)18-37-26-13-11-25(12-14-26)32(34)35/h3-17,19,30H,18H2,1-2H3,(H,31,33)/b29-17-/t19-/m1/s1. The van der Waals surface area contributed by atoms with E-state index in [1.54, 1.807) is 32.2 Å². The summed E-state index contributed by atoms with van der Waals surface area (Å²) < 4.78 is 11.2. The van der Waals surface area contributed by atoms with E-state index in [0.717, 1.165) is 27.6 Å². The molecule has 2 N–H and O–H groups in total. The van der Waals surface area contributed by atoms with Gasteiger partial charge in [0.2, 0.25) is 0 Å². The molecule has 0 saturated heterocycles. The summed E-state index contributed by atoms with van der Waals surface area (Å²) in [5.41, 5.74) is 4.92. The van der Waals surface area contributed by atoms with Crippen molar-refractivity contribution in [2.45, 2.75) is 19.6 Å². The molecule has 0 radical (unpaired) electrons. The third-order valence-corrected chi connectivity index (χ3v) is 5.67. The van der Waals surface area contributed by atoms with Gasteiger partial charge >= 0.3 is 0 Å². The van der Waals surface area contributed by atoms with Gasteiger partial charge in [0.15, 0.2) is 0 Å². The Balaban J connectivity index is 1.32. The Kier molecular flexibility index (Phi) is 7.95. The number of fused-ring (bicyclic) bond motifs is 1. The topological polar surface area (TPSA) is 115 Å². The lowest BCUT2D eigenvalue weighted by Crippen LogP contribution is -2.34. The maximum Gasteiger partial charge on any atom is 0.269 e. The molecule has 9 nitrogen and oxygen atoms in total. The van der Waals surface area contributed by atoms with Gasteiger partial charge in [-0.1, -0.05) is 42.5 Å². The Labute approximate surface area is 213 Å². The lowest BCUT2D eigenvalue weighted by atomic mass is 10.1. The molecule has 4 aromatic carbocycles. The molecular weight excluding hydrogens is 472 g/mol. The van der Waals surface area contributed by atoms with Crippen molar-refractivity contribution in [1.29, 1.82) is 0 Å². The van der Waals surface area contributed by atoms with Crippen LogP contribution in [-0.2, 0) is 11.4 Å². The second kappa shape index (κ2) is 11.7. The molecule has 0 fully saturated rings. The first-order valence-corrected chi connectivity index (χ1v) is 11.6. The molecule has 0 saturated carbocycles. The summed E-state index contributed by atoms with van der Waals surface area (Å²) >= 11 is 0. The van der Waals surface area contributed by atoms with Gasteiger partial charge in [0.1, 0.15) is 24.1 Å². The van der Waals surface area contributed by atoms with E-state index in [2.05, 4.69) is 15.8 Å². The minimum Gasteiger partial charge on any atom is -0.496 e. The average molecular weight is 499 g/mol. The van der Waals surface area contributed by atoms with Crippen LogP contribution in [0.15, 0.2) is 90.0 Å². The van der Waals surface area contributed by atoms with E-state index in [4.69, 9.17) is 9.47 Å². The van der Waals surface area contributed by atoms with Gasteiger partial charge in [0.05, 0.1) is 18.2 Å². The fraction of sp³-hybridized carbons (Fsp3) is 0.143. The second-order valence-corrected chi connectivity index (χ2v) is 8.27. The highest BCUT2D eigenvalue weighted by Gasteiger charge is 2.12. The van der Waals surface area contributed by atoms with Crippen LogP contribution in [-0.4, -0.2) is 30.2 Å². The van der Waals surface area contributed by atoms with Crippen LogP contribution in [0.3, 0.4) is 0 Å². The molecule has 4 aromatic rings. The molecule has 188 valence electrons. The Morgan fingerprint density at radius 2 is 1.78 bits per heavy atom. The first kappa shape index (κ1) is 25.2. The van der Waals surface area contributed by atoms with Crippen LogP contribution in [0.1, 0.15) is 18.1 Å². The van der Waals surface area contributed by atoms with Crippen molar-refractivity contribution in [2.24, 2.45) is 5.10 Å². The highest BCUT2D eigenvalue weighted by atomic mass is 16.6. The molecule has 37 heavy (non-hydrogen) atoms. The number of nitro benzene ring substituents is 1. The first-order chi connectivity index (χ1) is 17.9. The van der Waals surface area contributed by atoms with E-state index < -0.39 is 11.0 Å². The fourth-order valence-corrected chi connectivity index (χ4v) is 3.65. The number of anilines is 1. The molecule has 0 aromatic heterocycles. The largest absolute Gasteiger partial charge is 0.496 e. The van der Waals surface area contributed by atoms with Crippen LogP contribution in [0.2, 0.25) is 0 Å². The normalized spacial score (nSPS) is 11.7. The number of carbonyl (C=O) groups is 1. The molecule has 1 amide bonds. The van der Waals surface area contributed by atoms with Crippen LogP contribution >= 0.6 is 0 Å². The lowest BCUT2D eigenvalue weighted by molar-refractivity contribution is -0.384. The predicted molar refractivity (Wildman–Crippen MR) is 143 cm³/mol. The molecular formula is C28H26N4O5. The quantitative estimate of drug-likeness (QED) is 0.174. The number of hydrogen-bond donors (Lipinski definition) is 2. The van der Waals surface area contributed by atoms with Gasteiger partial charge in [-0.05, 0) is 53.6 Å². The number of rotatable bonds is 10. The van der Waals surface area contributed by atoms with Gasteiger partial charge in [-0.15, -0.1) is 0 Å². The molecule has 1 atom stereocenters. The molecule has 0 bridgehead atoms. The van der Waals surface area contributed by atoms with Gasteiger partial charge in [-0.3, -0.25) is 14.9 Å². The number of hydrazone groups is 1. The number of hydrogen-bond acceptors (Lipinski definition) is 7. The first-order valence-electron chi connectivity index (χ1n) is 11.6. The summed E-state index contributed by atoms with van der Waals surface area (Å²) in [5.74, 6) is 0.820. The number of nitrogens with one attached hydrogen (secondary N) is 2. The number of nitro groups is 1. The molecule has 0 aliphatic carbocycles. The van der Waals surface area contributed by atoms with Crippen molar-refractivity contribution in [2.75, 3.05) is 12.4 Å². The summed E-state index contributed by atoms with van der Waals surface area (Å²) in [6.45, 7) is 1.98. The van der Waals surface area contributed by atoms with Crippen molar-refractivity contribution < 1.29 is 19.2 Å². The van der Waals surface area contributed by atoms with Gasteiger partial charge in [0.25, 0.3) is 11.6 Å². The van der Waals surface area contributed by atoms with E-state index in [-0.39, 0.29) is 18.2 Å². The molecule has 0 aliphatic heterocycles. The highest BCUT2D eigenvalue weighted by Crippen LogP contribution is 2.23. The average Bonchev–Trinajstić information content (AvgIpc) is 2.92. The Morgan fingerprint density at radius 1 is 1.03 bits per heavy atom. The lowest BCUT2D eigenvalue weighted by Gasteiger charge is -2.14. The number of carbonyl (C=O) groups excluding carboxylic acids is 1. The monoisotopic (exact) mass is 498 g/mol. The van der Waals surface area contributed by atoms with Crippen molar-refractivity contribution in [1.82, 2.24) is 5.43 Å². The van der Waals surface area contributed by atoms with Crippen LogP contribution in [0, 0.1) is 10.1 Å². The van der Waals surface area contributed by atoms with Crippen LogP contribution in [0.4, 0.5) is 11.4 Å². The van der Waals surface area contributed by atoms with E-state index >= 15 is 0 Å². The molecule has 0 aliphatic rings. The zero-order valence-electron chi connectivity index (χ0n) is 20.4. The number of amides is 1. The SMILES string of the molecule is COc1cc(/C=N\NC(=O)[C@@H](C)Nc2ccc3ccccc3c2)ccc1COc1ccc([N+](=O)[O-])cc1. The molecule has 0 unspecified atom stereocenters. The summed E-state index contributed by atoms with van der Waals surface area (Å²) in [4.78, 5) is 22.8. The number of ether oxygens (including phenoxy) is 2. The summed E-state index contributed by atoms with van der Waals surface area (Å²) in [6.07, 6.45) is 1.53. The molecule has 4 rings (SSSR count). The van der Waals surface area contributed by atoms with E-state index in [1.807, 2.05) is 54.6 Å². The zero-order valence-corrected chi connectivity index (χ0v) is 20.4. The van der Waals surface area contributed by atoms with Crippen LogP contribution in [0.25, 0.3) is 10.8 Å². The van der Waals surface area contributed by atoms with E-state index in [0.29, 0.717) is 11.5 Å². The molecule has 0 heterocycles. The van der Waals surface area contributed by atoms with Crippen molar-refractivity contribution in [3.8, 4) is 11.5 Å². The maximum atomic E-state index is 12.5. The van der Waals surface area contributed by atoms with Gasteiger partial charge in [0, 0.05) is 23.4 Å². The van der Waals surface area contributed by atoms with Crippen molar-refractivity contribution in [3.05, 3.63) is 106 Å². The Bertz CT molecular complexity index is 1440. The minimum atomic E-state index is -0.494. The van der Waals surface area contributed by atoms with Crippen molar-refractivity contribution in [3.63, 3.8) is 0 Å². The molecule has 0 spiro atoms. The molecule has 9 heteroatoms. The smallest absolute Gasteiger partial charge is 0.269 e. The number of nitrogens with zero attached hydrogens (tertiary/aromatic N) is 2. The fourth-order valence-electron chi connectivity index (χ4n) is 3.65. The third kappa shape index (κ3) is 6.61. The summed E-state index contributed by atoms with van der Waals surface area (Å²) in [6, 6.07) is 24.8. The highest BCUT2D eigenvalue weighted by molar-refractivity contribution is 5.89. The van der Waals surface area contributed by atoms with E-state index in [1.165, 1.54) is 18.3 Å². The summed E-state index contributed by atoms with van der Waals surface area (Å²) in [7, 11) is 1.55. The number of non-ortho nitro benzene ring substituents is 1. The van der Waals surface area contributed by atoms with Gasteiger partial charge < -0.3 is 14.8 Å². The van der Waals surface area contributed by atoms with Crippen molar-refractivity contribution >= 4 is 34.3 Å². The van der Waals surface area contributed by atoms with Gasteiger partial charge in [-0.2, -0.15) is 5.10 Å². The maximum absolute atomic E-state index is 12.5.